The maximum absolute atomic E-state index is 7.94. The lowest BCUT2D eigenvalue weighted by atomic mass is 10.1. The van der Waals surface area contributed by atoms with Gasteiger partial charge in [-0.05, 0) is 32.1 Å². The molecule has 0 amide bonds. The summed E-state index contributed by atoms with van der Waals surface area (Å²) in [6.07, 6.45) is 7.44. The summed E-state index contributed by atoms with van der Waals surface area (Å²) in [6.45, 7) is 4.09. The molecular weight excluding hydrogens is 232 g/mol. The Labute approximate surface area is 107 Å². The molecule has 0 aromatic carbocycles. The lowest BCUT2D eigenvalue weighted by molar-refractivity contribution is 0.0999. The van der Waals surface area contributed by atoms with E-state index in [9.17, 15) is 0 Å². The van der Waals surface area contributed by atoms with E-state index in [4.69, 9.17) is 10.1 Å². The summed E-state index contributed by atoms with van der Waals surface area (Å²) >= 11 is 1.55. The van der Waals surface area contributed by atoms with Crippen LogP contribution in [-0.4, -0.2) is 17.3 Å². The number of nitrogens with zero attached hydrogens (tertiary/aromatic N) is 1. The van der Waals surface area contributed by atoms with E-state index >= 15 is 0 Å². The number of hydrogen-bond donors (Lipinski definition) is 1. The zero-order valence-corrected chi connectivity index (χ0v) is 11.4. The molecule has 1 atom stereocenters. The summed E-state index contributed by atoms with van der Waals surface area (Å²) in [5, 5.41) is 10.1. The normalized spacial score (nSPS) is 19.9. The highest BCUT2D eigenvalue weighted by Crippen LogP contribution is 2.17. The molecule has 1 aromatic heterocycles. The predicted molar refractivity (Wildman–Crippen MR) is 70.4 cm³/mol. The Kier molecular flexibility index (Phi) is 4.80. The van der Waals surface area contributed by atoms with Gasteiger partial charge in [0.25, 0.3) is 0 Å². The van der Waals surface area contributed by atoms with Crippen molar-refractivity contribution in [3.63, 3.8) is 0 Å². The van der Waals surface area contributed by atoms with E-state index in [-0.39, 0.29) is 0 Å². The molecule has 0 saturated carbocycles. The van der Waals surface area contributed by atoms with E-state index in [0.717, 1.165) is 26.0 Å². The van der Waals surface area contributed by atoms with Crippen molar-refractivity contribution in [1.29, 1.82) is 5.41 Å². The van der Waals surface area contributed by atoms with Gasteiger partial charge in [-0.15, -0.1) is 11.3 Å². The number of aromatic nitrogens is 1. The van der Waals surface area contributed by atoms with Crippen molar-refractivity contribution >= 4 is 11.3 Å². The van der Waals surface area contributed by atoms with Crippen LogP contribution in [-0.2, 0) is 17.7 Å². The van der Waals surface area contributed by atoms with Crippen molar-refractivity contribution in [3.8, 4) is 0 Å². The SMILES string of the molecule is CCCCc1csc(=N)n1CCC1CCCO1. The van der Waals surface area contributed by atoms with Crippen LogP contribution in [0.15, 0.2) is 5.38 Å². The monoisotopic (exact) mass is 254 g/mol. The van der Waals surface area contributed by atoms with Gasteiger partial charge >= 0.3 is 0 Å². The van der Waals surface area contributed by atoms with Gasteiger partial charge in [-0.1, -0.05) is 13.3 Å². The molecule has 2 rings (SSSR count). The molecule has 96 valence electrons. The second kappa shape index (κ2) is 6.36. The van der Waals surface area contributed by atoms with Crippen molar-refractivity contribution in [2.45, 2.75) is 58.1 Å². The van der Waals surface area contributed by atoms with Gasteiger partial charge in [0.15, 0.2) is 4.80 Å². The van der Waals surface area contributed by atoms with Crippen LogP contribution in [0.25, 0.3) is 0 Å². The molecule has 1 aromatic rings. The molecule has 4 heteroatoms. The van der Waals surface area contributed by atoms with E-state index in [2.05, 4.69) is 16.9 Å². The van der Waals surface area contributed by atoms with Crippen molar-refractivity contribution in [3.05, 3.63) is 15.9 Å². The molecule has 1 fully saturated rings. The van der Waals surface area contributed by atoms with E-state index in [0.29, 0.717) is 10.9 Å². The third kappa shape index (κ3) is 3.42. The van der Waals surface area contributed by atoms with E-state index in [1.165, 1.54) is 31.4 Å². The van der Waals surface area contributed by atoms with Crippen LogP contribution in [0.3, 0.4) is 0 Å². The maximum atomic E-state index is 7.94. The maximum Gasteiger partial charge on any atom is 0.182 e. The van der Waals surface area contributed by atoms with Gasteiger partial charge in [0, 0.05) is 24.2 Å². The first-order chi connectivity index (χ1) is 8.31. The lowest BCUT2D eigenvalue weighted by Gasteiger charge is -2.12. The number of unbranched alkanes of at least 4 members (excludes halogenated alkanes) is 1. The minimum absolute atomic E-state index is 0.431. The first kappa shape index (κ1) is 12.8. The second-order valence-electron chi connectivity index (χ2n) is 4.71. The first-order valence-electron chi connectivity index (χ1n) is 6.64. The molecular formula is C13H22N2OS. The Morgan fingerprint density at radius 1 is 1.59 bits per heavy atom. The van der Waals surface area contributed by atoms with Crippen LogP contribution < -0.4 is 4.80 Å². The number of thiazole rings is 1. The lowest BCUT2D eigenvalue weighted by Crippen LogP contribution is -2.19. The smallest absolute Gasteiger partial charge is 0.182 e. The quantitative estimate of drug-likeness (QED) is 0.832. The number of hydrogen-bond acceptors (Lipinski definition) is 3. The minimum Gasteiger partial charge on any atom is -0.378 e. The summed E-state index contributed by atoms with van der Waals surface area (Å²) in [5.74, 6) is 0. The zero-order valence-electron chi connectivity index (χ0n) is 10.6. The van der Waals surface area contributed by atoms with Crippen molar-refractivity contribution in [2.75, 3.05) is 6.61 Å². The summed E-state index contributed by atoms with van der Waals surface area (Å²) in [4.78, 5) is 0.689. The van der Waals surface area contributed by atoms with Gasteiger partial charge in [0.1, 0.15) is 0 Å². The van der Waals surface area contributed by atoms with Crippen LogP contribution in [0, 0.1) is 5.41 Å². The number of aryl methyl sites for hydroxylation is 1. The van der Waals surface area contributed by atoms with E-state index < -0.39 is 0 Å². The molecule has 1 aliphatic rings. The molecule has 0 bridgehead atoms. The van der Waals surface area contributed by atoms with Crippen LogP contribution in [0.2, 0.25) is 0 Å². The molecule has 0 spiro atoms. The molecule has 1 N–H and O–H groups in total. The van der Waals surface area contributed by atoms with Gasteiger partial charge in [-0.25, -0.2) is 0 Å². The molecule has 0 aliphatic carbocycles. The standard InChI is InChI=1S/C13H22N2OS/c1-2-3-5-11-10-17-13(14)15(11)8-7-12-6-4-9-16-12/h10,12,14H,2-9H2,1H3. The third-order valence-electron chi connectivity index (χ3n) is 3.38. The number of ether oxygens (including phenoxy) is 1. The van der Waals surface area contributed by atoms with E-state index in [1.807, 2.05) is 0 Å². The Balaban J connectivity index is 1.93. The van der Waals surface area contributed by atoms with Crippen LogP contribution in [0.5, 0.6) is 0 Å². The topological polar surface area (TPSA) is 38.0 Å². The molecule has 1 aliphatic heterocycles. The Morgan fingerprint density at radius 2 is 2.47 bits per heavy atom. The predicted octanol–water partition coefficient (Wildman–Crippen LogP) is 2.94. The van der Waals surface area contributed by atoms with Gasteiger partial charge < -0.3 is 9.30 Å². The highest BCUT2D eigenvalue weighted by atomic mass is 32.1. The average Bonchev–Trinajstić information content (AvgIpc) is 2.94. The third-order valence-corrected chi connectivity index (χ3v) is 4.22. The minimum atomic E-state index is 0.431. The first-order valence-corrected chi connectivity index (χ1v) is 7.52. The molecule has 3 nitrogen and oxygen atoms in total. The highest BCUT2D eigenvalue weighted by Gasteiger charge is 2.16. The van der Waals surface area contributed by atoms with Gasteiger partial charge in [0.05, 0.1) is 6.10 Å². The Hall–Kier alpha value is -0.610. The summed E-state index contributed by atoms with van der Waals surface area (Å²) < 4.78 is 7.81. The molecule has 1 unspecified atom stereocenters. The molecule has 1 saturated heterocycles. The van der Waals surface area contributed by atoms with Crippen molar-refractivity contribution in [1.82, 2.24) is 4.57 Å². The van der Waals surface area contributed by atoms with Crippen molar-refractivity contribution < 1.29 is 4.74 Å². The van der Waals surface area contributed by atoms with E-state index in [1.54, 1.807) is 11.3 Å². The fourth-order valence-electron chi connectivity index (χ4n) is 2.32. The van der Waals surface area contributed by atoms with Gasteiger partial charge in [-0.2, -0.15) is 0 Å². The van der Waals surface area contributed by atoms with Gasteiger partial charge in [-0.3, -0.25) is 5.41 Å². The highest BCUT2D eigenvalue weighted by molar-refractivity contribution is 7.07. The largest absolute Gasteiger partial charge is 0.378 e. The van der Waals surface area contributed by atoms with Crippen LogP contribution in [0.4, 0.5) is 0 Å². The summed E-state index contributed by atoms with van der Waals surface area (Å²) in [7, 11) is 0. The zero-order chi connectivity index (χ0) is 12.1. The Morgan fingerprint density at radius 3 is 3.18 bits per heavy atom. The fraction of sp³-hybridized carbons (Fsp3) is 0.769. The second-order valence-corrected chi connectivity index (χ2v) is 5.57. The molecule has 0 radical (unpaired) electrons. The van der Waals surface area contributed by atoms with Crippen LogP contribution in [0.1, 0.15) is 44.7 Å². The Bertz CT molecular complexity index is 390. The molecule has 2 heterocycles. The van der Waals surface area contributed by atoms with Crippen molar-refractivity contribution in [2.24, 2.45) is 0 Å². The van der Waals surface area contributed by atoms with Crippen LogP contribution >= 0.6 is 11.3 Å². The fourth-order valence-corrected chi connectivity index (χ4v) is 3.15. The summed E-state index contributed by atoms with van der Waals surface area (Å²) in [6, 6.07) is 0. The molecule has 17 heavy (non-hydrogen) atoms. The average molecular weight is 254 g/mol. The van der Waals surface area contributed by atoms with Gasteiger partial charge in [0.2, 0.25) is 0 Å². The number of rotatable bonds is 6. The number of nitrogens with one attached hydrogen (secondary N) is 1. The summed E-state index contributed by atoms with van der Waals surface area (Å²) in [5.41, 5.74) is 1.33.